The summed E-state index contributed by atoms with van der Waals surface area (Å²) in [5.74, 6) is -0.540. The molecule has 6 heteroatoms. The van der Waals surface area contributed by atoms with Crippen molar-refractivity contribution in [3.8, 4) is 0 Å². The quantitative estimate of drug-likeness (QED) is 0.545. The van der Waals surface area contributed by atoms with Crippen LogP contribution in [0.15, 0.2) is 0 Å². The van der Waals surface area contributed by atoms with Gasteiger partial charge >= 0.3 is 5.97 Å². The molecule has 5 nitrogen and oxygen atoms in total. The highest BCUT2D eigenvalue weighted by atomic mass is 32.2. The third-order valence-electron chi connectivity index (χ3n) is 1.50. The van der Waals surface area contributed by atoms with E-state index in [2.05, 4.69) is 4.18 Å². The van der Waals surface area contributed by atoms with Gasteiger partial charge in [-0.2, -0.15) is 8.42 Å². The molecule has 0 amide bonds. The third kappa shape index (κ3) is 9.92. The molecule has 0 spiro atoms. The van der Waals surface area contributed by atoms with Crippen molar-refractivity contribution in [2.24, 2.45) is 5.92 Å². The van der Waals surface area contributed by atoms with E-state index in [1.807, 2.05) is 0 Å². The molecular weight excluding hydrogens is 232 g/mol. The topological polar surface area (TPSA) is 69.7 Å². The fourth-order valence-corrected chi connectivity index (χ4v) is 1.45. The zero-order valence-corrected chi connectivity index (χ0v) is 11.3. The Kier molecular flexibility index (Phi) is 5.41. The highest BCUT2D eigenvalue weighted by Gasteiger charge is 2.19. The second-order valence-electron chi connectivity index (χ2n) is 4.88. The number of carbonyl (C=O) groups is 1. The first-order valence-corrected chi connectivity index (χ1v) is 6.87. The Morgan fingerprint density at radius 1 is 1.31 bits per heavy atom. The van der Waals surface area contributed by atoms with Gasteiger partial charge in [0.05, 0.1) is 19.3 Å². The molecule has 0 aliphatic carbocycles. The monoisotopic (exact) mass is 252 g/mol. The Hall–Kier alpha value is -0.620. The molecule has 96 valence electrons. The summed E-state index contributed by atoms with van der Waals surface area (Å²) in [4.78, 5) is 11.4. The lowest BCUT2D eigenvalue weighted by atomic mass is 10.1. The van der Waals surface area contributed by atoms with Gasteiger partial charge in [0.1, 0.15) is 5.60 Å². The minimum absolute atomic E-state index is 0.00191. The van der Waals surface area contributed by atoms with Crippen LogP contribution in [-0.4, -0.2) is 32.9 Å². The van der Waals surface area contributed by atoms with Gasteiger partial charge in [-0.3, -0.25) is 8.98 Å². The van der Waals surface area contributed by atoms with E-state index in [0.29, 0.717) is 0 Å². The number of ether oxygens (including phenoxy) is 1. The number of esters is 1. The molecule has 0 saturated carbocycles. The van der Waals surface area contributed by atoms with Crippen molar-refractivity contribution in [2.75, 3.05) is 12.9 Å². The van der Waals surface area contributed by atoms with Crippen molar-refractivity contribution in [1.29, 1.82) is 0 Å². The Morgan fingerprint density at radius 2 is 1.81 bits per heavy atom. The second-order valence-corrected chi connectivity index (χ2v) is 6.53. The predicted molar refractivity (Wildman–Crippen MR) is 60.4 cm³/mol. The molecule has 0 heterocycles. The van der Waals surface area contributed by atoms with Crippen LogP contribution in [0.1, 0.15) is 34.1 Å². The van der Waals surface area contributed by atoms with Crippen molar-refractivity contribution < 1.29 is 22.1 Å². The summed E-state index contributed by atoms with van der Waals surface area (Å²) < 4.78 is 31.1. The fraction of sp³-hybridized carbons (Fsp3) is 0.900. The van der Waals surface area contributed by atoms with Gasteiger partial charge in [0.25, 0.3) is 10.1 Å². The number of hydrogen-bond donors (Lipinski definition) is 0. The summed E-state index contributed by atoms with van der Waals surface area (Å²) in [5, 5.41) is 0. The van der Waals surface area contributed by atoms with Crippen LogP contribution in [0.4, 0.5) is 0 Å². The van der Waals surface area contributed by atoms with E-state index < -0.39 is 15.7 Å². The van der Waals surface area contributed by atoms with Crippen molar-refractivity contribution >= 4 is 16.1 Å². The molecule has 0 aromatic heterocycles. The molecule has 0 aliphatic rings. The van der Waals surface area contributed by atoms with Gasteiger partial charge in [0.2, 0.25) is 0 Å². The van der Waals surface area contributed by atoms with Gasteiger partial charge in [-0.1, -0.05) is 6.92 Å². The minimum atomic E-state index is -3.44. The van der Waals surface area contributed by atoms with Crippen LogP contribution in [0.5, 0.6) is 0 Å². The summed E-state index contributed by atoms with van der Waals surface area (Å²) in [6.07, 6.45) is 1.12. The molecule has 0 aliphatic heterocycles. The zero-order valence-electron chi connectivity index (χ0n) is 10.4. The lowest BCUT2D eigenvalue weighted by molar-refractivity contribution is -0.156. The lowest BCUT2D eigenvalue weighted by Gasteiger charge is -2.20. The Bertz CT molecular complexity index is 326. The smallest absolute Gasteiger partial charge is 0.306 e. The Balaban J connectivity index is 3.97. The molecule has 0 rings (SSSR count). The Morgan fingerprint density at radius 3 is 2.19 bits per heavy atom. The second kappa shape index (κ2) is 5.63. The van der Waals surface area contributed by atoms with Crippen LogP contribution in [-0.2, 0) is 23.8 Å². The highest BCUT2D eigenvalue weighted by molar-refractivity contribution is 7.85. The van der Waals surface area contributed by atoms with Crippen LogP contribution < -0.4 is 0 Å². The maximum atomic E-state index is 11.4. The van der Waals surface area contributed by atoms with Crippen molar-refractivity contribution in [1.82, 2.24) is 0 Å². The average Bonchev–Trinajstić information content (AvgIpc) is 1.95. The first-order chi connectivity index (χ1) is 6.99. The van der Waals surface area contributed by atoms with Crippen molar-refractivity contribution in [3.63, 3.8) is 0 Å². The summed E-state index contributed by atoms with van der Waals surface area (Å²) >= 11 is 0. The molecule has 0 fully saturated rings. The van der Waals surface area contributed by atoms with E-state index >= 15 is 0 Å². The SMILES string of the molecule is C[C@@H](COS(C)(=O)=O)CC(=O)OC(C)(C)C. The van der Waals surface area contributed by atoms with E-state index in [4.69, 9.17) is 4.74 Å². The summed E-state index contributed by atoms with van der Waals surface area (Å²) in [5.41, 5.74) is -0.519. The molecule has 0 bridgehead atoms. The normalized spacial score (nSPS) is 14.6. The van der Waals surface area contributed by atoms with Gasteiger partial charge in [-0.05, 0) is 26.7 Å². The lowest BCUT2D eigenvalue weighted by Crippen LogP contribution is -2.25. The summed E-state index contributed by atoms with van der Waals surface area (Å²) in [6, 6.07) is 0. The van der Waals surface area contributed by atoms with Crippen LogP contribution >= 0.6 is 0 Å². The molecule has 0 aromatic rings. The third-order valence-corrected chi connectivity index (χ3v) is 2.07. The largest absolute Gasteiger partial charge is 0.460 e. The van der Waals surface area contributed by atoms with Gasteiger partial charge < -0.3 is 4.74 Å². The van der Waals surface area contributed by atoms with Gasteiger partial charge in [-0.25, -0.2) is 0 Å². The standard InChI is InChI=1S/C10H20O5S/c1-8(7-14-16(5,12)13)6-9(11)15-10(2,3)4/h8H,6-7H2,1-5H3/t8-/m1/s1. The van der Waals surface area contributed by atoms with E-state index in [1.165, 1.54) is 0 Å². The van der Waals surface area contributed by atoms with E-state index in [-0.39, 0.29) is 24.9 Å². The van der Waals surface area contributed by atoms with E-state index in [0.717, 1.165) is 6.26 Å². The van der Waals surface area contributed by atoms with Gasteiger partial charge in [-0.15, -0.1) is 0 Å². The maximum Gasteiger partial charge on any atom is 0.306 e. The first kappa shape index (κ1) is 15.4. The zero-order chi connectivity index (χ0) is 13.0. The van der Waals surface area contributed by atoms with Crippen molar-refractivity contribution in [3.05, 3.63) is 0 Å². The van der Waals surface area contributed by atoms with E-state index in [1.54, 1.807) is 27.7 Å². The van der Waals surface area contributed by atoms with Gasteiger partial charge in [0, 0.05) is 0 Å². The predicted octanol–water partition coefficient (Wildman–Crippen LogP) is 1.33. The average molecular weight is 252 g/mol. The maximum absolute atomic E-state index is 11.4. The molecule has 0 aromatic carbocycles. The van der Waals surface area contributed by atoms with Crippen LogP contribution in [0.25, 0.3) is 0 Å². The molecule has 0 saturated heterocycles. The molecular formula is C10H20O5S. The highest BCUT2D eigenvalue weighted by Crippen LogP contribution is 2.12. The summed E-state index contributed by atoms with van der Waals surface area (Å²) in [7, 11) is -3.44. The van der Waals surface area contributed by atoms with Crippen LogP contribution in [0.3, 0.4) is 0 Å². The van der Waals surface area contributed by atoms with Crippen LogP contribution in [0.2, 0.25) is 0 Å². The Labute approximate surface area is 97.2 Å². The minimum Gasteiger partial charge on any atom is -0.460 e. The van der Waals surface area contributed by atoms with Crippen LogP contribution in [0, 0.1) is 5.92 Å². The molecule has 0 N–H and O–H groups in total. The summed E-state index contributed by atoms with van der Waals surface area (Å²) in [6.45, 7) is 7.07. The van der Waals surface area contributed by atoms with Crippen molar-refractivity contribution in [2.45, 2.75) is 39.7 Å². The molecule has 0 radical (unpaired) electrons. The molecule has 1 atom stereocenters. The number of rotatable bonds is 5. The molecule has 0 unspecified atom stereocenters. The fourth-order valence-electron chi connectivity index (χ4n) is 0.966. The molecule has 16 heavy (non-hydrogen) atoms. The number of hydrogen-bond acceptors (Lipinski definition) is 5. The number of carbonyl (C=O) groups excluding carboxylic acids is 1. The first-order valence-electron chi connectivity index (χ1n) is 5.06. The van der Waals surface area contributed by atoms with Gasteiger partial charge in [0.15, 0.2) is 0 Å². The van der Waals surface area contributed by atoms with E-state index in [9.17, 15) is 13.2 Å².